The van der Waals surface area contributed by atoms with E-state index in [9.17, 15) is 0 Å². The van der Waals surface area contributed by atoms with Crippen molar-refractivity contribution in [3.05, 3.63) is 29.8 Å². The van der Waals surface area contributed by atoms with Crippen LogP contribution in [0.5, 0.6) is 5.75 Å². The molecule has 1 aliphatic carbocycles. The number of unbranched alkanes of at least 4 members (excludes halogenated alkanes) is 3. The van der Waals surface area contributed by atoms with Crippen molar-refractivity contribution in [1.82, 2.24) is 0 Å². The number of ether oxygens (including phenoxy) is 1. The molecule has 0 heterocycles. The van der Waals surface area contributed by atoms with Gasteiger partial charge in [-0.05, 0) is 61.6 Å². The van der Waals surface area contributed by atoms with Gasteiger partial charge in [-0.25, -0.2) is 0 Å². The van der Waals surface area contributed by atoms with E-state index in [0.29, 0.717) is 6.61 Å². The molecule has 0 radical (unpaired) electrons. The third-order valence-corrected chi connectivity index (χ3v) is 9.33. The Bertz CT molecular complexity index is 528. The molecule has 0 aromatic heterocycles. The third-order valence-electron chi connectivity index (χ3n) is 6.49. The van der Waals surface area contributed by atoms with Crippen molar-refractivity contribution in [2.24, 2.45) is 5.92 Å². The topological polar surface area (TPSA) is 36.9 Å². The van der Waals surface area contributed by atoms with Crippen LogP contribution in [0.15, 0.2) is 24.3 Å². The van der Waals surface area contributed by atoms with E-state index in [4.69, 9.17) is 18.0 Å². The average Bonchev–Trinajstić information content (AvgIpc) is 2.78. The summed E-state index contributed by atoms with van der Waals surface area (Å²) < 4.78 is 22.3. The van der Waals surface area contributed by atoms with Gasteiger partial charge in [0.15, 0.2) is 0 Å². The molecule has 2 rings (SSSR count). The number of hydrogen-bond donors (Lipinski definition) is 0. The lowest BCUT2D eigenvalue weighted by atomic mass is 9.77. The summed E-state index contributed by atoms with van der Waals surface area (Å²) in [5, 5.41) is 0. The predicted molar refractivity (Wildman–Crippen MR) is 122 cm³/mol. The minimum absolute atomic E-state index is 0.646. The SMILES string of the molecule is CCCCCCC1CCC(c2ccc(OCCC[Si](OC)(OC)OC)cc2)CC1. The van der Waals surface area contributed by atoms with Crippen LogP contribution in [0.1, 0.15) is 82.6 Å². The van der Waals surface area contributed by atoms with Gasteiger partial charge in [0.1, 0.15) is 5.75 Å². The summed E-state index contributed by atoms with van der Waals surface area (Å²) in [7, 11) is 2.47. The fourth-order valence-corrected chi connectivity index (χ4v) is 6.21. The van der Waals surface area contributed by atoms with E-state index in [0.717, 1.165) is 30.1 Å². The van der Waals surface area contributed by atoms with E-state index in [1.165, 1.54) is 63.4 Å². The first kappa shape index (κ1) is 24.4. The summed E-state index contributed by atoms with van der Waals surface area (Å²) in [6, 6.07) is 9.54. The van der Waals surface area contributed by atoms with Gasteiger partial charge < -0.3 is 18.0 Å². The van der Waals surface area contributed by atoms with Crippen LogP contribution < -0.4 is 4.74 Å². The van der Waals surface area contributed by atoms with Crippen LogP contribution >= 0.6 is 0 Å². The second kappa shape index (κ2) is 13.4. The molecule has 0 unspecified atom stereocenters. The molecule has 0 spiro atoms. The molecular weight excluding hydrogens is 380 g/mol. The van der Waals surface area contributed by atoms with Gasteiger partial charge in [0.05, 0.1) is 6.61 Å². The lowest BCUT2D eigenvalue weighted by molar-refractivity contribution is 0.121. The fraction of sp³-hybridized carbons (Fsp3) is 0.750. The summed E-state index contributed by atoms with van der Waals surface area (Å²) in [5.74, 6) is 2.64. The molecule has 1 aromatic rings. The zero-order valence-corrected chi connectivity index (χ0v) is 20.1. The van der Waals surface area contributed by atoms with Crippen molar-refractivity contribution in [2.75, 3.05) is 27.9 Å². The summed E-state index contributed by atoms with van der Waals surface area (Å²) in [6.07, 6.45) is 13.4. The molecule has 4 nitrogen and oxygen atoms in total. The first-order chi connectivity index (χ1) is 14.2. The van der Waals surface area contributed by atoms with Crippen molar-refractivity contribution in [2.45, 2.75) is 83.1 Å². The fourth-order valence-electron chi connectivity index (χ4n) is 4.52. The summed E-state index contributed by atoms with van der Waals surface area (Å²) >= 11 is 0. The zero-order valence-electron chi connectivity index (χ0n) is 19.1. The molecule has 29 heavy (non-hydrogen) atoms. The highest BCUT2D eigenvalue weighted by Gasteiger charge is 2.36. The normalized spacial score (nSPS) is 20.0. The maximum Gasteiger partial charge on any atom is 0.500 e. The Labute approximate surface area is 179 Å². The second-order valence-electron chi connectivity index (χ2n) is 8.38. The highest BCUT2D eigenvalue weighted by atomic mass is 28.4. The molecule has 1 saturated carbocycles. The second-order valence-corrected chi connectivity index (χ2v) is 11.5. The first-order valence-corrected chi connectivity index (χ1v) is 13.5. The van der Waals surface area contributed by atoms with Gasteiger partial charge in [0.2, 0.25) is 0 Å². The van der Waals surface area contributed by atoms with Crippen molar-refractivity contribution in [1.29, 1.82) is 0 Å². The van der Waals surface area contributed by atoms with Crippen LogP contribution in [0.4, 0.5) is 0 Å². The van der Waals surface area contributed by atoms with Crippen LogP contribution in [-0.2, 0) is 13.3 Å². The lowest BCUT2D eigenvalue weighted by Crippen LogP contribution is -2.42. The highest BCUT2D eigenvalue weighted by Crippen LogP contribution is 2.38. The molecule has 0 aliphatic heterocycles. The Balaban J connectivity index is 1.68. The van der Waals surface area contributed by atoms with E-state index in [-0.39, 0.29) is 0 Å². The van der Waals surface area contributed by atoms with E-state index in [1.807, 2.05) is 0 Å². The number of rotatable bonds is 14. The molecule has 1 aliphatic rings. The highest BCUT2D eigenvalue weighted by molar-refractivity contribution is 6.60. The van der Waals surface area contributed by atoms with Crippen LogP contribution in [0, 0.1) is 5.92 Å². The van der Waals surface area contributed by atoms with Crippen molar-refractivity contribution in [3.8, 4) is 5.75 Å². The van der Waals surface area contributed by atoms with Gasteiger partial charge in [0, 0.05) is 27.4 Å². The van der Waals surface area contributed by atoms with Crippen molar-refractivity contribution >= 4 is 8.80 Å². The molecular formula is C24H42O4Si. The first-order valence-electron chi connectivity index (χ1n) is 11.5. The number of benzene rings is 1. The Hall–Kier alpha value is -0.883. The monoisotopic (exact) mass is 422 g/mol. The summed E-state index contributed by atoms with van der Waals surface area (Å²) in [4.78, 5) is 0. The average molecular weight is 423 g/mol. The van der Waals surface area contributed by atoms with Gasteiger partial charge in [-0.3, -0.25) is 0 Å². The number of hydrogen-bond acceptors (Lipinski definition) is 4. The van der Waals surface area contributed by atoms with Crippen LogP contribution in [0.25, 0.3) is 0 Å². The summed E-state index contributed by atoms with van der Waals surface area (Å²) in [5.41, 5.74) is 1.48. The van der Waals surface area contributed by atoms with E-state index >= 15 is 0 Å². The third kappa shape index (κ3) is 8.04. The zero-order chi connectivity index (χ0) is 21.0. The smallest absolute Gasteiger partial charge is 0.494 e. The van der Waals surface area contributed by atoms with Gasteiger partial charge in [0.25, 0.3) is 0 Å². The van der Waals surface area contributed by atoms with Crippen molar-refractivity contribution < 1.29 is 18.0 Å². The molecule has 0 N–H and O–H groups in total. The van der Waals surface area contributed by atoms with E-state index in [2.05, 4.69) is 31.2 Å². The lowest BCUT2D eigenvalue weighted by Gasteiger charge is -2.29. The van der Waals surface area contributed by atoms with Crippen LogP contribution in [-0.4, -0.2) is 36.7 Å². The predicted octanol–water partition coefficient (Wildman–Crippen LogP) is 6.58. The maximum atomic E-state index is 5.91. The van der Waals surface area contributed by atoms with Gasteiger partial charge in [-0.2, -0.15) is 0 Å². The van der Waals surface area contributed by atoms with Gasteiger partial charge >= 0.3 is 8.80 Å². The Kier molecular flexibility index (Phi) is 11.3. The maximum absolute atomic E-state index is 5.91. The Morgan fingerprint density at radius 3 is 2.07 bits per heavy atom. The molecule has 0 atom stereocenters. The van der Waals surface area contributed by atoms with Gasteiger partial charge in [-0.15, -0.1) is 0 Å². The van der Waals surface area contributed by atoms with E-state index < -0.39 is 8.80 Å². The van der Waals surface area contributed by atoms with Crippen LogP contribution in [0.3, 0.4) is 0 Å². The molecule has 1 aromatic carbocycles. The van der Waals surface area contributed by atoms with Crippen molar-refractivity contribution in [3.63, 3.8) is 0 Å². The molecule has 1 fully saturated rings. The van der Waals surface area contributed by atoms with Crippen LogP contribution in [0.2, 0.25) is 6.04 Å². The molecule has 0 saturated heterocycles. The van der Waals surface area contributed by atoms with E-state index in [1.54, 1.807) is 21.3 Å². The minimum Gasteiger partial charge on any atom is -0.494 e. The summed E-state index contributed by atoms with van der Waals surface area (Å²) in [6.45, 7) is 2.94. The Morgan fingerprint density at radius 2 is 1.48 bits per heavy atom. The minimum atomic E-state index is -2.49. The molecule has 5 heteroatoms. The quantitative estimate of drug-likeness (QED) is 0.251. The molecule has 0 amide bonds. The molecule has 166 valence electrons. The Morgan fingerprint density at radius 1 is 0.828 bits per heavy atom. The largest absolute Gasteiger partial charge is 0.500 e. The molecule has 0 bridgehead atoms. The van der Waals surface area contributed by atoms with Gasteiger partial charge in [-0.1, -0.05) is 51.2 Å². The standard InChI is InChI=1S/C24H42O4Si/c1-5-6-7-8-10-21-11-13-22(14-12-21)23-15-17-24(18-16-23)28-19-9-20-29(25-2,26-3)27-4/h15-18,21-22H,5-14,19-20H2,1-4H3.